The minimum Gasteiger partial charge on any atom is -0.508 e. The van der Waals surface area contributed by atoms with Gasteiger partial charge in [-0.1, -0.05) is 71.5 Å². The van der Waals surface area contributed by atoms with Gasteiger partial charge in [0.15, 0.2) is 0 Å². The molecule has 0 aliphatic carbocycles. The summed E-state index contributed by atoms with van der Waals surface area (Å²) >= 11 is 4.20. The van der Waals surface area contributed by atoms with E-state index in [0.717, 1.165) is 24.0 Å². The van der Waals surface area contributed by atoms with Gasteiger partial charge in [0.25, 0.3) is 0 Å². The molecule has 0 saturated heterocycles. The van der Waals surface area contributed by atoms with E-state index in [4.69, 9.17) is 0 Å². The number of rotatable bonds is 23. The highest BCUT2D eigenvalue weighted by Gasteiger charge is 2.01. The highest BCUT2D eigenvalue weighted by atomic mass is 33.1. The molecule has 2 aromatic rings. The number of benzene rings is 2. The summed E-state index contributed by atoms with van der Waals surface area (Å²) in [6, 6.07) is 12.0. The Balaban J connectivity index is 1.23. The number of aromatic hydroxyl groups is 2. The van der Waals surface area contributed by atoms with Gasteiger partial charge in [-0.2, -0.15) is 23.5 Å². The first-order valence-electron chi connectivity index (χ1n) is 14.5. The van der Waals surface area contributed by atoms with Crippen LogP contribution in [0.25, 0.3) is 0 Å². The third kappa shape index (κ3) is 16.5. The first kappa shape index (κ1) is 33.6. The summed E-state index contributed by atoms with van der Waals surface area (Å²) < 4.78 is 0. The van der Waals surface area contributed by atoms with E-state index in [1.807, 2.05) is 26.0 Å². The van der Waals surface area contributed by atoms with E-state index >= 15 is 0 Å². The van der Waals surface area contributed by atoms with Crippen LogP contribution >= 0.6 is 45.1 Å². The fourth-order valence-corrected chi connectivity index (χ4v) is 8.48. The van der Waals surface area contributed by atoms with Gasteiger partial charge in [-0.15, -0.1) is 0 Å². The maximum absolute atomic E-state index is 9.61. The summed E-state index contributed by atoms with van der Waals surface area (Å²) in [5.74, 6) is 8.52. The van der Waals surface area contributed by atoms with Gasteiger partial charge in [0.1, 0.15) is 11.5 Å². The molecule has 2 aromatic carbocycles. The van der Waals surface area contributed by atoms with E-state index in [1.54, 1.807) is 0 Å². The predicted octanol–water partition coefficient (Wildman–Crippen LogP) is 10.2. The molecule has 0 radical (unpaired) electrons. The molecular formula is C32H50O2S4. The molecule has 214 valence electrons. The second kappa shape index (κ2) is 22.2. The van der Waals surface area contributed by atoms with Crippen LogP contribution in [-0.4, -0.2) is 44.7 Å². The Kier molecular flexibility index (Phi) is 19.6. The summed E-state index contributed by atoms with van der Waals surface area (Å²) in [5.41, 5.74) is 4.65. The largest absolute Gasteiger partial charge is 0.508 e. The number of unbranched alkanes of at least 4 members (excludes halogenated alkanes) is 6. The Morgan fingerprint density at radius 2 is 0.842 bits per heavy atom. The van der Waals surface area contributed by atoms with Crippen molar-refractivity contribution in [2.75, 3.05) is 34.5 Å². The lowest BCUT2D eigenvalue weighted by Crippen LogP contribution is -1.91. The van der Waals surface area contributed by atoms with Crippen LogP contribution < -0.4 is 0 Å². The van der Waals surface area contributed by atoms with Crippen molar-refractivity contribution >= 4 is 45.1 Å². The van der Waals surface area contributed by atoms with Crippen molar-refractivity contribution in [3.63, 3.8) is 0 Å². The van der Waals surface area contributed by atoms with Crippen LogP contribution in [0.4, 0.5) is 0 Å². The van der Waals surface area contributed by atoms with Crippen molar-refractivity contribution in [2.24, 2.45) is 0 Å². The monoisotopic (exact) mass is 594 g/mol. The van der Waals surface area contributed by atoms with Crippen molar-refractivity contribution in [3.05, 3.63) is 58.7 Å². The molecule has 38 heavy (non-hydrogen) atoms. The number of thioether (sulfide) groups is 2. The van der Waals surface area contributed by atoms with Crippen LogP contribution in [0.2, 0.25) is 0 Å². The number of phenolic OH excluding ortho intramolecular Hbond substituents is 2. The number of hydrogen-bond acceptors (Lipinski definition) is 6. The standard InChI is InChI=1S/C32H50O2S4/c1-27-25-29(15-17-31(27)33)13-11-21-35-19-7-3-5-9-23-37-38-24-10-6-4-8-20-36-22-12-14-30-16-18-32(34)28(2)26-30/h15-18,25-26,33-34H,3-14,19-24H2,1-2H3. The first-order chi connectivity index (χ1) is 18.6. The zero-order chi connectivity index (χ0) is 27.3. The van der Waals surface area contributed by atoms with Crippen molar-refractivity contribution < 1.29 is 10.2 Å². The van der Waals surface area contributed by atoms with E-state index in [-0.39, 0.29) is 0 Å². The van der Waals surface area contributed by atoms with Crippen molar-refractivity contribution in [2.45, 2.75) is 90.9 Å². The average Bonchev–Trinajstić information content (AvgIpc) is 2.91. The van der Waals surface area contributed by atoms with Crippen LogP contribution in [-0.2, 0) is 12.8 Å². The van der Waals surface area contributed by atoms with Crippen LogP contribution in [0.1, 0.15) is 86.5 Å². The highest BCUT2D eigenvalue weighted by Crippen LogP contribution is 2.25. The molecule has 0 amide bonds. The van der Waals surface area contributed by atoms with Crippen LogP contribution in [0.5, 0.6) is 11.5 Å². The van der Waals surface area contributed by atoms with Gasteiger partial charge in [0, 0.05) is 11.5 Å². The predicted molar refractivity (Wildman–Crippen MR) is 179 cm³/mol. The Hall–Kier alpha value is -0.560. The van der Waals surface area contributed by atoms with Gasteiger partial charge in [0.2, 0.25) is 0 Å². The average molecular weight is 595 g/mol. The molecule has 0 unspecified atom stereocenters. The quantitative estimate of drug-likeness (QED) is 0.0985. The van der Waals surface area contributed by atoms with E-state index < -0.39 is 0 Å². The zero-order valence-corrected chi connectivity index (χ0v) is 27.0. The Labute approximate surface area is 249 Å². The summed E-state index contributed by atoms with van der Waals surface area (Å²) in [6.45, 7) is 3.94. The van der Waals surface area contributed by atoms with Gasteiger partial charge < -0.3 is 10.2 Å². The molecule has 0 saturated carbocycles. The molecule has 0 aliphatic rings. The number of phenols is 2. The Bertz CT molecular complexity index is 803. The van der Waals surface area contributed by atoms with E-state index in [1.165, 1.54) is 110 Å². The molecule has 2 N–H and O–H groups in total. The lowest BCUT2D eigenvalue weighted by Gasteiger charge is -2.05. The Morgan fingerprint density at radius 1 is 0.474 bits per heavy atom. The van der Waals surface area contributed by atoms with Crippen molar-refractivity contribution in [3.8, 4) is 11.5 Å². The number of hydrogen-bond donors (Lipinski definition) is 2. The van der Waals surface area contributed by atoms with Crippen molar-refractivity contribution in [1.82, 2.24) is 0 Å². The zero-order valence-electron chi connectivity index (χ0n) is 23.7. The third-order valence-corrected chi connectivity index (χ3v) is 11.5. The smallest absolute Gasteiger partial charge is 0.118 e. The number of aryl methyl sites for hydroxylation is 4. The minimum atomic E-state index is 0.405. The van der Waals surface area contributed by atoms with Gasteiger partial charge >= 0.3 is 0 Å². The Morgan fingerprint density at radius 3 is 1.24 bits per heavy atom. The molecule has 6 heteroatoms. The lowest BCUT2D eigenvalue weighted by molar-refractivity contribution is 0.470. The van der Waals surface area contributed by atoms with Gasteiger partial charge in [-0.3, -0.25) is 0 Å². The third-order valence-electron chi connectivity index (χ3n) is 6.65. The fourth-order valence-electron chi connectivity index (χ4n) is 4.26. The summed E-state index contributed by atoms with van der Waals surface area (Å²) in [7, 11) is 4.17. The molecule has 0 aliphatic heterocycles. The van der Waals surface area contributed by atoms with Gasteiger partial charge in [0.05, 0.1) is 0 Å². The topological polar surface area (TPSA) is 40.5 Å². The van der Waals surface area contributed by atoms with E-state index in [9.17, 15) is 10.2 Å². The van der Waals surface area contributed by atoms with Crippen LogP contribution in [0.15, 0.2) is 36.4 Å². The molecule has 0 aromatic heterocycles. The molecule has 0 heterocycles. The van der Waals surface area contributed by atoms with Gasteiger partial charge in [-0.05, 0) is 123 Å². The molecule has 0 fully saturated rings. The maximum atomic E-state index is 9.61. The molecule has 0 atom stereocenters. The maximum Gasteiger partial charge on any atom is 0.118 e. The van der Waals surface area contributed by atoms with Crippen LogP contribution in [0.3, 0.4) is 0 Å². The second-order valence-corrected chi connectivity index (χ2v) is 15.3. The summed E-state index contributed by atoms with van der Waals surface area (Å²) in [5, 5.41) is 19.2. The molecule has 0 spiro atoms. The highest BCUT2D eigenvalue weighted by molar-refractivity contribution is 8.76. The normalized spacial score (nSPS) is 11.3. The molecular weight excluding hydrogens is 545 g/mol. The minimum absolute atomic E-state index is 0.405. The molecule has 2 nitrogen and oxygen atoms in total. The SMILES string of the molecule is Cc1cc(CCCSCCCCCCSSCCCCCCSCCCc2ccc(O)c(C)c2)ccc1O. The first-order valence-corrected chi connectivity index (χ1v) is 19.3. The van der Waals surface area contributed by atoms with Crippen LogP contribution in [0, 0.1) is 13.8 Å². The fraction of sp³-hybridized carbons (Fsp3) is 0.625. The van der Waals surface area contributed by atoms with E-state index in [0.29, 0.717) is 11.5 Å². The molecule has 0 bridgehead atoms. The molecule has 2 rings (SSSR count). The summed E-state index contributed by atoms with van der Waals surface area (Å²) in [6.07, 6.45) is 15.7. The summed E-state index contributed by atoms with van der Waals surface area (Å²) in [4.78, 5) is 0. The second-order valence-electron chi connectivity index (χ2n) is 10.1. The van der Waals surface area contributed by atoms with Gasteiger partial charge in [-0.25, -0.2) is 0 Å². The lowest BCUT2D eigenvalue weighted by atomic mass is 10.1. The van der Waals surface area contributed by atoms with E-state index in [2.05, 4.69) is 69.4 Å². The van der Waals surface area contributed by atoms with Crippen molar-refractivity contribution in [1.29, 1.82) is 0 Å².